The molecule has 0 saturated heterocycles. The van der Waals surface area contributed by atoms with Gasteiger partial charge in [-0.1, -0.05) is 42.1 Å². The smallest absolute Gasteiger partial charge is 0.270 e. The molecule has 11 heteroatoms. The highest BCUT2D eigenvalue weighted by atomic mass is 32.2. The van der Waals surface area contributed by atoms with Gasteiger partial charge < -0.3 is 5.32 Å². The molecular weight excluding hydrogens is 448 g/mol. The van der Waals surface area contributed by atoms with Crippen molar-refractivity contribution in [2.24, 2.45) is 0 Å². The molecular formula is C21H18N6O3S2. The molecule has 0 aliphatic carbocycles. The van der Waals surface area contributed by atoms with Gasteiger partial charge in [0.1, 0.15) is 5.82 Å². The number of thioether (sulfide) groups is 1. The van der Waals surface area contributed by atoms with E-state index < -0.39 is 10.2 Å². The number of anilines is 1. The van der Waals surface area contributed by atoms with Crippen molar-refractivity contribution in [2.45, 2.75) is 24.3 Å². The Morgan fingerprint density at radius 2 is 1.97 bits per heavy atom. The highest BCUT2D eigenvalue weighted by Crippen LogP contribution is 2.29. The van der Waals surface area contributed by atoms with Crippen LogP contribution in [0.25, 0.3) is 16.9 Å². The van der Waals surface area contributed by atoms with Crippen molar-refractivity contribution in [3.63, 3.8) is 0 Å². The number of aromatic nitrogens is 4. The second kappa shape index (κ2) is 9.28. The Bertz CT molecular complexity index is 1270. The van der Waals surface area contributed by atoms with Crippen LogP contribution in [0.15, 0.2) is 65.1 Å². The molecule has 2 heterocycles. The molecule has 32 heavy (non-hydrogen) atoms. The minimum atomic E-state index is -0.453. The molecule has 1 amide bonds. The molecule has 0 fully saturated rings. The summed E-state index contributed by atoms with van der Waals surface area (Å²) in [6.45, 7) is 3.65. The van der Waals surface area contributed by atoms with Gasteiger partial charge in [0.05, 0.1) is 15.9 Å². The fraction of sp³-hybridized carbons (Fsp3) is 0.143. The van der Waals surface area contributed by atoms with Gasteiger partial charge in [-0.05, 0) is 26.0 Å². The summed E-state index contributed by atoms with van der Waals surface area (Å²) < 4.78 is 1.90. The summed E-state index contributed by atoms with van der Waals surface area (Å²) in [6.07, 6.45) is 0. The summed E-state index contributed by atoms with van der Waals surface area (Å²) in [5.41, 5.74) is 2.09. The van der Waals surface area contributed by atoms with Gasteiger partial charge in [0.2, 0.25) is 5.91 Å². The van der Waals surface area contributed by atoms with Gasteiger partial charge in [-0.2, -0.15) is 0 Å². The van der Waals surface area contributed by atoms with Gasteiger partial charge >= 0.3 is 0 Å². The van der Waals surface area contributed by atoms with Gasteiger partial charge in [0.25, 0.3) is 5.69 Å². The molecule has 0 spiro atoms. The average molecular weight is 467 g/mol. The van der Waals surface area contributed by atoms with Crippen LogP contribution >= 0.6 is 23.1 Å². The third-order valence-corrected chi connectivity index (χ3v) is 6.35. The second-order valence-electron chi connectivity index (χ2n) is 6.80. The summed E-state index contributed by atoms with van der Waals surface area (Å²) in [7, 11) is 0. The van der Waals surface area contributed by atoms with Gasteiger partial charge in [0, 0.05) is 28.8 Å². The maximum Gasteiger partial charge on any atom is 0.270 e. The van der Waals surface area contributed by atoms with Crippen LogP contribution in [-0.2, 0) is 4.79 Å². The molecule has 162 valence electrons. The lowest BCUT2D eigenvalue weighted by molar-refractivity contribution is -0.384. The van der Waals surface area contributed by atoms with Crippen LogP contribution in [0, 0.1) is 17.0 Å². The first kappa shape index (κ1) is 21.7. The summed E-state index contributed by atoms with van der Waals surface area (Å²) in [6, 6.07) is 15.9. The maximum absolute atomic E-state index is 12.7. The van der Waals surface area contributed by atoms with Crippen molar-refractivity contribution < 1.29 is 9.72 Å². The minimum Gasteiger partial charge on any atom is -0.301 e. The fourth-order valence-corrected chi connectivity index (χ4v) is 4.59. The van der Waals surface area contributed by atoms with Gasteiger partial charge in [-0.15, -0.1) is 21.5 Å². The van der Waals surface area contributed by atoms with Crippen LogP contribution in [0.4, 0.5) is 10.8 Å². The second-order valence-corrected chi connectivity index (χ2v) is 8.96. The number of hydrogen-bond donors (Lipinski definition) is 1. The summed E-state index contributed by atoms with van der Waals surface area (Å²) in [4.78, 5) is 27.7. The molecule has 0 aliphatic heterocycles. The number of aryl methyl sites for hydroxylation is 1. The third-order valence-electron chi connectivity index (χ3n) is 4.55. The van der Waals surface area contributed by atoms with E-state index in [9.17, 15) is 14.9 Å². The number of non-ortho nitro benzene ring substituents is 1. The molecule has 0 bridgehead atoms. The molecule has 9 nitrogen and oxygen atoms in total. The van der Waals surface area contributed by atoms with Crippen molar-refractivity contribution in [3.05, 3.63) is 75.9 Å². The number of nitro groups is 1. The number of benzene rings is 2. The fourth-order valence-electron chi connectivity index (χ4n) is 2.95. The maximum atomic E-state index is 12.7. The SMILES string of the molecule is Cc1nnc(S[C@@H](C)C(=O)Nc2nc(-c3cccc([N+](=O)[O-])c3)cs2)n1-c1ccccc1. The van der Waals surface area contributed by atoms with E-state index in [4.69, 9.17) is 0 Å². The lowest BCUT2D eigenvalue weighted by Crippen LogP contribution is -2.22. The van der Waals surface area contributed by atoms with E-state index in [0.717, 1.165) is 11.5 Å². The lowest BCUT2D eigenvalue weighted by Gasteiger charge is -2.12. The summed E-state index contributed by atoms with van der Waals surface area (Å²) in [5, 5.41) is 24.5. The van der Waals surface area contributed by atoms with E-state index in [2.05, 4.69) is 20.5 Å². The molecule has 0 unspecified atom stereocenters. The largest absolute Gasteiger partial charge is 0.301 e. The predicted octanol–water partition coefficient (Wildman–Crippen LogP) is 4.73. The number of nitro benzene ring substituents is 1. The number of amides is 1. The Hall–Kier alpha value is -3.57. The molecule has 1 N–H and O–H groups in total. The first-order valence-corrected chi connectivity index (χ1v) is 11.3. The van der Waals surface area contributed by atoms with Crippen molar-refractivity contribution in [3.8, 4) is 16.9 Å². The van der Waals surface area contributed by atoms with E-state index in [1.807, 2.05) is 41.8 Å². The summed E-state index contributed by atoms with van der Waals surface area (Å²) >= 11 is 2.56. The van der Waals surface area contributed by atoms with E-state index in [-0.39, 0.29) is 11.6 Å². The first-order chi connectivity index (χ1) is 15.4. The normalized spacial score (nSPS) is 11.8. The van der Waals surface area contributed by atoms with Gasteiger partial charge in [0.15, 0.2) is 10.3 Å². The molecule has 2 aromatic carbocycles. The minimum absolute atomic E-state index is 0.0103. The van der Waals surface area contributed by atoms with E-state index >= 15 is 0 Å². The third kappa shape index (κ3) is 4.68. The highest BCUT2D eigenvalue weighted by Gasteiger charge is 2.21. The van der Waals surface area contributed by atoms with Crippen molar-refractivity contribution in [2.75, 3.05) is 5.32 Å². The number of rotatable bonds is 7. The van der Waals surface area contributed by atoms with E-state index in [1.165, 1.54) is 35.2 Å². The number of para-hydroxylation sites is 1. The Kier molecular flexibility index (Phi) is 6.28. The Labute approximate surface area is 191 Å². The number of carbonyl (C=O) groups is 1. The van der Waals surface area contributed by atoms with Crippen LogP contribution in [0.5, 0.6) is 0 Å². The van der Waals surface area contributed by atoms with Crippen LogP contribution in [0.1, 0.15) is 12.7 Å². The lowest BCUT2D eigenvalue weighted by atomic mass is 10.1. The van der Waals surface area contributed by atoms with Crippen molar-refractivity contribution in [1.82, 2.24) is 19.7 Å². The molecule has 2 aromatic heterocycles. The number of thiazole rings is 1. The van der Waals surface area contributed by atoms with Crippen molar-refractivity contribution >= 4 is 39.8 Å². The predicted molar refractivity (Wildman–Crippen MR) is 124 cm³/mol. The quantitative estimate of drug-likeness (QED) is 0.238. The standard InChI is InChI=1S/C21H18N6O3S2/c1-13(32-21-25-24-14(2)26(21)16-8-4-3-5-9-16)19(28)23-20-22-18(12-31-20)15-7-6-10-17(11-15)27(29)30/h3-13H,1-2H3,(H,22,23,28)/t13-/m0/s1. The Morgan fingerprint density at radius 3 is 2.72 bits per heavy atom. The van der Waals surface area contributed by atoms with Crippen LogP contribution in [0.2, 0.25) is 0 Å². The average Bonchev–Trinajstić information content (AvgIpc) is 3.41. The van der Waals surface area contributed by atoms with Crippen LogP contribution in [-0.4, -0.2) is 35.8 Å². The molecule has 4 aromatic rings. The summed E-state index contributed by atoms with van der Waals surface area (Å²) in [5.74, 6) is 0.503. The zero-order valence-corrected chi connectivity index (χ0v) is 18.8. The number of hydrogen-bond acceptors (Lipinski definition) is 8. The molecule has 4 rings (SSSR count). The van der Waals surface area contributed by atoms with Crippen LogP contribution < -0.4 is 5.32 Å². The highest BCUT2D eigenvalue weighted by molar-refractivity contribution is 8.00. The monoisotopic (exact) mass is 466 g/mol. The number of nitrogens with zero attached hydrogens (tertiary/aromatic N) is 5. The zero-order valence-electron chi connectivity index (χ0n) is 17.1. The number of carbonyl (C=O) groups excluding carboxylic acids is 1. The van der Waals surface area contributed by atoms with Gasteiger partial charge in [-0.3, -0.25) is 19.5 Å². The molecule has 0 aliphatic rings. The number of nitrogens with one attached hydrogen (secondary N) is 1. The van der Waals surface area contributed by atoms with Crippen molar-refractivity contribution in [1.29, 1.82) is 0 Å². The van der Waals surface area contributed by atoms with Crippen LogP contribution in [0.3, 0.4) is 0 Å². The van der Waals surface area contributed by atoms with Gasteiger partial charge in [-0.25, -0.2) is 4.98 Å². The molecule has 0 radical (unpaired) electrons. The molecule has 1 atom stereocenters. The first-order valence-electron chi connectivity index (χ1n) is 9.57. The molecule has 0 saturated carbocycles. The Morgan fingerprint density at radius 1 is 1.19 bits per heavy atom. The topological polar surface area (TPSA) is 116 Å². The Balaban J connectivity index is 1.46. The zero-order chi connectivity index (χ0) is 22.7. The van der Waals surface area contributed by atoms with E-state index in [1.54, 1.807) is 24.4 Å². The van der Waals surface area contributed by atoms with E-state index in [0.29, 0.717) is 21.5 Å².